The van der Waals surface area contributed by atoms with Gasteiger partial charge in [0.2, 0.25) is 0 Å². The van der Waals surface area contributed by atoms with Crippen LogP contribution in [0.2, 0.25) is 18.1 Å². The molecule has 0 spiro atoms. The van der Waals surface area contributed by atoms with Crippen LogP contribution in [0.5, 0.6) is 0 Å². The molecule has 0 aromatic heterocycles. The van der Waals surface area contributed by atoms with Crippen molar-refractivity contribution in [2.45, 2.75) is 116 Å². The van der Waals surface area contributed by atoms with Gasteiger partial charge in [-0.05, 0) is 24.8 Å². The molecule has 0 aliphatic heterocycles. The van der Waals surface area contributed by atoms with Crippen LogP contribution in [0.15, 0.2) is 0 Å². The van der Waals surface area contributed by atoms with E-state index in [1.807, 2.05) is 0 Å². The van der Waals surface area contributed by atoms with E-state index in [0.717, 1.165) is 19.6 Å². The normalized spacial score (nSPS) is 12.1. The maximum atomic E-state index is 5.36. The van der Waals surface area contributed by atoms with Gasteiger partial charge in [0.05, 0.1) is 0 Å². The van der Waals surface area contributed by atoms with Crippen molar-refractivity contribution in [3.8, 4) is 11.5 Å². The van der Waals surface area contributed by atoms with E-state index in [4.69, 9.17) is 4.74 Å². The first kappa shape index (κ1) is 23.7. The highest BCUT2D eigenvalue weighted by molar-refractivity contribution is 6.87. The standard InChI is InChI=1S/C22H44OSi/c1-7-23-20-18-16-14-12-10-8-9-11-13-15-17-19-21-24(5,6)22(2,3)4/h7-18,20H2,1-6H3. The molecule has 142 valence electrons. The predicted octanol–water partition coefficient (Wildman–Crippen LogP) is 7.37. The molecule has 2 heteroatoms. The second-order valence-electron chi connectivity index (χ2n) is 8.66. The summed E-state index contributed by atoms with van der Waals surface area (Å²) in [7, 11) is -1.38. The zero-order chi connectivity index (χ0) is 18.3. The molecule has 0 aliphatic rings. The van der Waals surface area contributed by atoms with Crippen molar-refractivity contribution in [3.05, 3.63) is 0 Å². The fraction of sp³-hybridized carbons (Fsp3) is 0.909. The van der Waals surface area contributed by atoms with Crippen molar-refractivity contribution in [2.75, 3.05) is 13.2 Å². The summed E-state index contributed by atoms with van der Waals surface area (Å²) >= 11 is 0. The van der Waals surface area contributed by atoms with Crippen molar-refractivity contribution in [1.29, 1.82) is 0 Å². The van der Waals surface area contributed by atoms with Crippen molar-refractivity contribution in [3.63, 3.8) is 0 Å². The highest BCUT2D eigenvalue weighted by atomic mass is 28.3. The van der Waals surface area contributed by atoms with E-state index in [-0.39, 0.29) is 0 Å². The zero-order valence-corrected chi connectivity index (χ0v) is 18.6. The Morgan fingerprint density at radius 1 is 0.750 bits per heavy atom. The van der Waals surface area contributed by atoms with Crippen LogP contribution < -0.4 is 0 Å². The molecule has 0 aromatic rings. The van der Waals surface area contributed by atoms with E-state index in [0.29, 0.717) is 5.04 Å². The molecular formula is C22H44OSi. The minimum absolute atomic E-state index is 0.392. The summed E-state index contributed by atoms with van der Waals surface area (Å²) in [6.45, 7) is 15.7. The molecular weight excluding hydrogens is 308 g/mol. The van der Waals surface area contributed by atoms with Crippen molar-refractivity contribution >= 4 is 8.07 Å². The lowest BCUT2D eigenvalue weighted by atomic mass is 10.1. The lowest BCUT2D eigenvalue weighted by Gasteiger charge is -2.31. The number of hydrogen-bond acceptors (Lipinski definition) is 1. The SMILES string of the molecule is CCOCCCCCCCCCCCCC#C[Si](C)(C)C(C)(C)C. The molecule has 1 nitrogen and oxygen atoms in total. The van der Waals surface area contributed by atoms with Crippen LogP contribution in [-0.4, -0.2) is 21.3 Å². The third kappa shape index (κ3) is 13.1. The van der Waals surface area contributed by atoms with Gasteiger partial charge in [-0.15, -0.1) is 11.5 Å². The topological polar surface area (TPSA) is 9.23 Å². The van der Waals surface area contributed by atoms with Gasteiger partial charge in [-0.3, -0.25) is 0 Å². The summed E-state index contributed by atoms with van der Waals surface area (Å²) in [4.78, 5) is 0. The van der Waals surface area contributed by atoms with Crippen LogP contribution in [0.1, 0.15) is 98.3 Å². The number of ether oxygens (including phenoxy) is 1. The molecule has 0 unspecified atom stereocenters. The van der Waals surface area contributed by atoms with Crippen LogP contribution >= 0.6 is 0 Å². The van der Waals surface area contributed by atoms with E-state index in [2.05, 4.69) is 52.3 Å². The van der Waals surface area contributed by atoms with Gasteiger partial charge in [-0.25, -0.2) is 0 Å². The van der Waals surface area contributed by atoms with Crippen molar-refractivity contribution in [1.82, 2.24) is 0 Å². The molecule has 0 saturated heterocycles. The van der Waals surface area contributed by atoms with Crippen LogP contribution in [0.4, 0.5) is 0 Å². The van der Waals surface area contributed by atoms with E-state index in [1.165, 1.54) is 64.2 Å². The number of unbranched alkanes of at least 4 members (excludes halogenated alkanes) is 10. The highest BCUT2D eigenvalue weighted by Gasteiger charge is 2.33. The Hall–Kier alpha value is -0.263. The molecule has 0 rings (SSSR count). The largest absolute Gasteiger partial charge is 0.382 e. The number of rotatable bonds is 13. The molecule has 0 atom stereocenters. The second-order valence-corrected chi connectivity index (χ2v) is 13.7. The van der Waals surface area contributed by atoms with Crippen LogP contribution in [0.25, 0.3) is 0 Å². The van der Waals surface area contributed by atoms with Gasteiger partial charge >= 0.3 is 0 Å². The summed E-state index contributed by atoms with van der Waals surface area (Å²) in [5.74, 6) is 3.47. The Morgan fingerprint density at radius 2 is 1.21 bits per heavy atom. The summed E-state index contributed by atoms with van der Waals surface area (Å²) in [6, 6.07) is 0. The summed E-state index contributed by atoms with van der Waals surface area (Å²) < 4.78 is 5.36. The fourth-order valence-corrected chi connectivity index (χ4v) is 3.39. The smallest absolute Gasteiger partial charge is 0.137 e. The average molecular weight is 353 g/mol. The Bertz CT molecular complexity index is 343. The van der Waals surface area contributed by atoms with Gasteiger partial charge in [0, 0.05) is 19.6 Å². The predicted molar refractivity (Wildman–Crippen MR) is 112 cm³/mol. The Morgan fingerprint density at radius 3 is 1.67 bits per heavy atom. The van der Waals surface area contributed by atoms with Crippen LogP contribution in [-0.2, 0) is 4.74 Å². The molecule has 0 saturated carbocycles. The van der Waals surface area contributed by atoms with Crippen LogP contribution in [0.3, 0.4) is 0 Å². The summed E-state index contributed by atoms with van der Waals surface area (Å²) in [5, 5.41) is 0.392. The van der Waals surface area contributed by atoms with Gasteiger partial charge in [-0.2, -0.15) is 0 Å². The van der Waals surface area contributed by atoms with Crippen molar-refractivity contribution < 1.29 is 4.74 Å². The Balaban J connectivity index is 3.38. The average Bonchev–Trinajstić information content (AvgIpc) is 2.50. The lowest BCUT2D eigenvalue weighted by Crippen LogP contribution is -2.35. The molecule has 0 aliphatic carbocycles. The lowest BCUT2D eigenvalue weighted by molar-refractivity contribution is 0.143. The van der Waals surface area contributed by atoms with E-state index >= 15 is 0 Å². The molecule has 0 bridgehead atoms. The molecule has 24 heavy (non-hydrogen) atoms. The van der Waals surface area contributed by atoms with Gasteiger partial charge in [0.1, 0.15) is 8.07 Å². The highest BCUT2D eigenvalue weighted by Crippen LogP contribution is 2.35. The first-order chi connectivity index (χ1) is 11.3. The summed E-state index contributed by atoms with van der Waals surface area (Å²) in [6.07, 6.45) is 14.8. The Kier molecular flexibility index (Phi) is 13.8. The first-order valence-electron chi connectivity index (χ1n) is 10.4. The third-order valence-electron chi connectivity index (χ3n) is 5.32. The molecule has 0 fully saturated rings. The molecule has 0 radical (unpaired) electrons. The molecule has 0 heterocycles. The second kappa shape index (κ2) is 14.0. The van der Waals surface area contributed by atoms with Gasteiger partial charge in [0.15, 0.2) is 0 Å². The maximum absolute atomic E-state index is 5.36. The molecule has 0 amide bonds. The van der Waals surface area contributed by atoms with Gasteiger partial charge in [-0.1, -0.05) is 85.2 Å². The van der Waals surface area contributed by atoms with Gasteiger partial charge in [0.25, 0.3) is 0 Å². The summed E-state index contributed by atoms with van der Waals surface area (Å²) in [5.41, 5.74) is 3.62. The Labute approximate surface area is 154 Å². The monoisotopic (exact) mass is 352 g/mol. The fourth-order valence-electron chi connectivity index (χ4n) is 2.45. The third-order valence-corrected chi connectivity index (χ3v) is 9.87. The molecule has 0 aromatic carbocycles. The maximum Gasteiger partial charge on any atom is 0.137 e. The quantitative estimate of drug-likeness (QED) is 0.191. The number of hydrogen-bond donors (Lipinski definition) is 0. The van der Waals surface area contributed by atoms with Crippen LogP contribution in [0, 0.1) is 11.5 Å². The van der Waals surface area contributed by atoms with E-state index in [1.54, 1.807) is 0 Å². The first-order valence-corrected chi connectivity index (χ1v) is 13.4. The van der Waals surface area contributed by atoms with E-state index < -0.39 is 8.07 Å². The van der Waals surface area contributed by atoms with Crippen molar-refractivity contribution in [2.24, 2.45) is 0 Å². The van der Waals surface area contributed by atoms with E-state index in [9.17, 15) is 0 Å². The minimum Gasteiger partial charge on any atom is -0.382 e. The minimum atomic E-state index is -1.38. The van der Waals surface area contributed by atoms with Gasteiger partial charge < -0.3 is 4.74 Å². The zero-order valence-electron chi connectivity index (χ0n) is 17.6. The molecule has 0 N–H and O–H groups in total.